The van der Waals surface area contributed by atoms with Crippen molar-refractivity contribution in [2.24, 2.45) is 15.8 Å². The van der Waals surface area contributed by atoms with E-state index in [0.29, 0.717) is 19.4 Å². The zero-order chi connectivity index (χ0) is 12.4. The number of rotatable bonds is 7. The molecular weight excluding hydrogens is 212 g/mol. The third kappa shape index (κ3) is 5.17. The number of hydrogen-bond donors (Lipinski definition) is 1. The SMILES string of the molecule is CN(N=C=O)[C@@H](CCCCN)C(=O)N=C=O. The number of amides is 1. The summed E-state index contributed by atoms with van der Waals surface area (Å²) in [5.41, 5.74) is 5.31. The van der Waals surface area contributed by atoms with Crippen LogP contribution in [0.1, 0.15) is 19.3 Å². The standard InChI is InChI=1S/C9H14N4O3/c1-13(12-7-15)8(4-2-3-5-10)9(16)11-6-14/h8H,2-5,10H2,1H3/t8-/m0/s1. The maximum atomic E-state index is 11.4. The number of carbonyl (C=O) groups is 1. The lowest BCUT2D eigenvalue weighted by atomic mass is 10.1. The van der Waals surface area contributed by atoms with E-state index in [-0.39, 0.29) is 0 Å². The minimum absolute atomic E-state index is 0.420. The van der Waals surface area contributed by atoms with Gasteiger partial charge in [-0.15, -0.1) is 4.99 Å². The third-order valence-electron chi connectivity index (χ3n) is 2.02. The predicted molar refractivity (Wildman–Crippen MR) is 55.7 cm³/mol. The van der Waals surface area contributed by atoms with Gasteiger partial charge < -0.3 is 5.73 Å². The molecule has 16 heavy (non-hydrogen) atoms. The molecule has 88 valence electrons. The number of hydrazone groups is 1. The van der Waals surface area contributed by atoms with Crippen LogP contribution in [0.5, 0.6) is 0 Å². The lowest BCUT2D eigenvalue weighted by Gasteiger charge is -2.20. The van der Waals surface area contributed by atoms with Gasteiger partial charge in [0.25, 0.3) is 12.0 Å². The van der Waals surface area contributed by atoms with Gasteiger partial charge in [-0.05, 0) is 25.8 Å². The van der Waals surface area contributed by atoms with Crippen molar-refractivity contribution in [3.8, 4) is 0 Å². The van der Waals surface area contributed by atoms with E-state index in [1.54, 1.807) is 0 Å². The van der Waals surface area contributed by atoms with Crippen molar-refractivity contribution < 1.29 is 14.4 Å². The van der Waals surface area contributed by atoms with Crippen molar-refractivity contribution >= 4 is 18.1 Å². The number of nitrogens with zero attached hydrogens (tertiary/aromatic N) is 3. The molecule has 7 nitrogen and oxygen atoms in total. The van der Waals surface area contributed by atoms with Crippen LogP contribution >= 0.6 is 0 Å². The molecule has 0 saturated heterocycles. The first kappa shape index (κ1) is 14.2. The van der Waals surface area contributed by atoms with Gasteiger partial charge in [-0.25, -0.2) is 9.59 Å². The molecule has 0 aromatic carbocycles. The van der Waals surface area contributed by atoms with Gasteiger partial charge in [0.15, 0.2) is 0 Å². The molecule has 0 rings (SSSR count). The summed E-state index contributed by atoms with van der Waals surface area (Å²) in [7, 11) is 1.44. The number of aliphatic imine (C=N–C) groups is 1. The first-order valence-electron chi connectivity index (χ1n) is 4.79. The number of isocyanates is 2. The lowest BCUT2D eigenvalue weighted by molar-refractivity contribution is -0.122. The van der Waals surface area contributed by atoms with Gasteiger partial charge in [0.1, 0.15) is 6.04 Å². The number of likely N-dealkylation sites (N-methyl/N-ethyl adjacent to an activating group) is 1. The molecule has 0 spiro atoms. The fourth-order valence-corrected chi connectivity index (χ4v) is 1.21. The molecule has 0 aliphatic rings. The van der Waals surface area contributed by atoms with Gasteiger partial charge in [0.05, 0.1) is 0 Å². The molecule has 1 atom stereocenters. The number of carbonyl (C=O) groups excluding carboxylic acids is 3. The Morgan fingerprint density at radius 2 is 2.06 bits per heavy atom. The van der Waals surface area contributed by atoms with E-state index >= 15 is 0 Å². The van der Waals surface area contributed by atoms with Gasteiger partial charge in [0.2, 0.25) is 6.08 Å². The highest BCUT2D eigenvalue weighted by atomic mass is 16.2. The Kier molecular flexibility index (Phi) is 7.53. The quantitative estimate of drug-likeness (QED) is 0.273. The van der Waals surface area contributed by atoms with Gasteiger partial charge in [0, 0.05) is 7.05 Å². The summed E-state index contributed by atoms with van der Waals surface area (Å²) in [6.07, 6.45) is 4.33. The Bertz CT molecular complexity index is 319. The fourth-order valence-electron chi connectivity index (χ4n) is 1.21. The molecule has 0 unspecified atom stereocenters. The highest BCUT2D eigenvalue weighted by Gasteiger charge is 2.21. The fraction of sp³-hybridized carbons (Fsp3) is 0.667. The molecule has 0 bridgehead atoms. The Balaban J connectivity index is 4.54. The second kappa shape index (κ2) is 8.49. The first-order valence-corrected chi connectivity index (χ1v) is 4.79. The summed E-state index contributed by atoms with van der Waals surface area (Å²) in [5.74, 6) is -0.673. The summed E-state index contributed by atoms with van der Waals surface area (Å²) in [4.78, 5) is 34.4. The molecule has 7 heteroatoms. The summed E-state index contributed by atoms with van der Waals surface area (Å²) < 4.78 is 0. The number of hydrogen-bond acceptors (Lipinski definition) is 6. The molecule has 0 radical (unpaired) electrons. The lowest BCUT2D eigenvalue weighted by Crippen LogP contribution is -2.34. The molecule has 2 N–H and O–H groups in total. The highest BCUT2D eigenvalue weighted by molar-refractivity contribution is 5.86. The van der Waals surface area contributed by atoms with Gasteiger partial charge in [-0.2, -0.15) is 0 Å². The van der Waals surface area contributed by atoms with Crippen molar-refractivity contribution in [3.05, 3.63) is 0 Å². The summed E-state index contributed by atoms with van der Waals surface area (Å²) >= 11 is 0. The zero-order valence-corrected chi connectivity index (χ0v) is 9.05. The van der Waals surface area contributed by atoms with Crippen LogP contribution in [-0.2, 0) is 14.4 Å². The second-order valence-electron chi connectivity index (χ2n) is 3.11. The average molecular weight is 226 g/mol. The van der Waals surface area contributed by atoms with Gasteiger partial charge >= 0.3 is 0 Å². The summed E-state index contributed by atoms with van der Waals surface area (Å²) in [6, 6.07) is -0.741. The van der Waals surface area contributed by atoms with Crippen LogP contribution < -0.4 is 5.73 Å². The molecule has 0 aliphatic carbocycles. The molecule has 0 aromatic rings. The Labute approximate surface area is 93.0 Å². The number of nitrogens with two attached hydrogens (primary N) is 1. The van der Waals surface area contributed by atoms with Crippen LogP contribution in [0.15, 0.2) is 10.1 Å². The van der Waals surface area contributed by atoms with Gasteiger partial charge in [-0.1, -0.05) is 5.10 Å². The van der Waals surface area contributed by atoms with Crippen molar-refractivity contribution in [2.75, 3.05) is 13.6 Å². The molecule has 0 saturated carbocycles. The molecule has 0 aromatic heterocycles. The van der Waals surface area contributed by atoms with Crippen molar-refractivity contribution in [1.29, 1.82) is 0 Å². The third-order valence-corrected chi connectivity index (χ3v) is 2.02. The van der Waals surface area contributed by atoms with E-state index in [9.17, 15) is 14.4 Å². The molecule has 0 aliphatic heterocycles. The van der Waals surface area contributed by atoms with E-state index in [1.165, 1.54) is 19.2 Å². The predicted octanol–water partition coefficient (Wildman–Crippen LogP) is -0.471. The molecule has 0 heterocycles. The van der Waals surface area contributed by atoms with Crippen LogP contribution in [0.25, 0.3) is 0 Å². The Morgan fingerprint density at radius 1 is 1.38 bits per heavy atom. The van der Waals surface area contributed by atoms with E-state index in [4.69, 9.17) is 5.73 Å². The van der Waals surface area contributed by atoms with Crippen LogP contribution in [-0.4, -0.2) is 42.7 Å². The summed E-state index contributed by atoms with van der Waals surface area (Å²) in [6.45, 7) is 0.512. The minimum Gasteiger partial charge on any atom is -0.330 e. The second-order valence-corrected chi connectivity index (χ2v) is 3.11. The Hall–Kier alpha value is -1.81. The molecule has 0 fully saturated rings. The van der Waals surface area contributed by atoms with E-state index in [2.05, 4.69) is 10.1 Å². The average Bonchev–Trinajstić information content (AvgIpc) is 2.25. The topological polar surface area (TPSA) is 105 Å². The van der Waals surface area contributed by atoms with Gasteiger partial charge in [-0.3, -0.25) is 9.80 Å². The van der Waals surface area contributed by atoms with E-state index in [0.717, 1.165) is 11.4 Å². The molecule has 1 amide bonds. The van der Waals surface area contributed by atoms with Crippen LogP contribution in [0.2, 0.25) is 0 Å². The smallest absolute Gasteiger partial charge is 0.280 e. The van der Waals surface area contributed by atoms with E-state index < -0.39 is 11.9 Å². The molecular formula is C9H14N4O3. The van der Waals surface area contributed by atoms with Crippen LogP contribution in [0.3, 0.4) is 0 Å². The Morgan fingerprint density at radius 3 is 2.56 bits per heavy atom. The zero-order valence-electron chi connectivity index (χ0n) is 9.05. The number of unbranched alkanes of at least 4 members (excludes halogenated alkanes) is 1. The normalized spacial score (nSPS) is 10.9. The maximum Gasteiger partial charge on any atom is 0.280 e. The largest absolute Gasteiger partial charge is 0.330 e. The van der Waals surface area contributed by atoms with Crippen LogP contribution in [0, 0.1) is 0 Å². The minimum atomic E-state index is -0.741. The van der Waals surface area contributed by atoms with Crippen molar-refractivity contribution in [3.63, 3.8) is 0 Å². The maximum absolute atomic E-state index is 11.4. The monoisotopic (exact) mass is 226 g/mol. The van der Waals surface area contributed by atoms with E-state index in [1.807, 2.05) is 0 Å². The van der Waals surface area contributed by atoms with Crippen molar-refractivity contribution in [2.45, 2.75) is 25.3 Å². The summed E-state index contributed by atoms with van der Waals surface area (Å²) in [5, 5.41) is 4.42. The van der Waals surface area contributed by atoms with Crippen molar-refractivity contribution in [1.82, 2.24) is 5.01 Å². The first-order chi connectivity index (χ1) is 7.67. The highest BCUT2D eigenvalue weighted by Crippen LogP contribution is 2.09. The van der Waals surface area contributed by atoms with Crippen LogP contribution in [0.4, 0.5) is 0 Å².